The first-order valence-electron chi connectivity index (χ1n) is 9.54. The van der Waals surface area contributed by atoms with Gasteiger partial charge in [-0.1, -0.05) is 60.1 Å². The van der Waals surface area contributed by atoms with Crippen LogP contribution in [0.15, 0.2) is 72.8 Å². The molecule has 0 spiro atoms. The standard InChI is InChI=1S/C24H25ClFNO/c1-18(13-14-19-7-3-2-4-8-19)27-16-20-9-5-10-21(15-20)28-17-22-23(25)11-6-12-24(22)26/h2-12,15,18,27H,13-14,16-17H2,1H3/t18-/m0/s1. The van der Waals surface area contributed by atoms with Crippen LogP contribution in [0.1, 0.15) is 30.0 Å². The minimum absolute atomic E-state index is 0.107. The maximum absolute atomic E-state index is 13.9. The summed E-state index contributed by atoms with van der Waals surface area (Å²) in [6.07, 6.45) is 2.13. The highest BCUT2D eigenvalue weighted by Gasteiger charge is 2.08. The lowest BCUT2D eigenvalue weighted by Gasteiger charge is -2.15. The summed E-state index contributed by atoms with van der Waals surface area (Å²) in [5.41, 5.74) is 2.87. The maximum atomic E-state index is 13.9. The van der Waals surface area contributed by atoms with Gasteiger partial charge in [-0.3, -0.25) is 0 Å². The molecule has 0 saturated carbocycles. The molecule has 0 amide bonds. The normalized spacial score (nSPS) is 12.0. The third-order valence-electron chi connectivity index (χ3n) is 4.71. The van der Waals surface area contributed by atoms with Gasteiger partial charge < -0.3 is 10.1 Å². The smallest absolute Gasteiger partial charge is 0.131 e. The van der Waals surface area contributed by atoms with Crippen LogP contribution in [0, 0.1) is 5.82 Å². The minimum Gasteiger partial charge on any atom is -0.489 e. The van der Waals surface area contributed by atoms with Gasteiger partial charge in [-0.15, -0.1) is 0 Å². The molecular weight excluding hydrogens is 373 g/mol. The first kappa shape index (κ1) is 20.4. The molecule has 1 atom stereocenters. The first-order valence-corrected chi connectivity index (χ1v) is 9.91. The molecule has 0 fully saturated rings. The summed E-state index contributed by atoms with van der Waals surface area (Å²) < 4.78 is 19.6. The molecule has 0 aromatic heterocycles. The van der Waals surface area contributed by atoms with Crippen molar-refractivity contribution >= 4 is 11.6 Å². The molecule has 2 nitrogen and oxygen atoms in total. The highest BCUT2D eigenvalue weighted by molar-refractivity contribution is 6.31. The zero-order valence-electron chi connectivity index (χ0n) is 16.0. The molecule has 3 aromatic rings. The Labute approximate surface area is 171 Å². The van der Waals surface area contributed by atoms with Gasteiger partial charge in [-0.2, -0.15) is 0 Å². The van der Waals surface area contributed by atoms with Gasteiger partial charge in [-0.05, 0) is 55.2 Å². The fourth-order valence-corrected chi connectivity index (χ4v) is 3.21. The van der Waals surface area contributed by atoms with Crippen molar-refractivity contribution in [1.82, 2.24) is 5.32 Å². The van der Waals surface area contributed by atoms with Crippen molar-refractivity contribution in [2.24, 2.45) is 0 Å². The summed E-state index contributed by atoms with van der Waals surface area (Å²) in [5.74, 6) is 0.355. The second kappa shape index (κ2) is 10.3. The molecule has 3 aromatic carbocycles. The Kier molecular flexibility index (Phi) is 7.46. The van der Waals surface area contributed by atoms with Crippen molar-refractivity contribution in [1.29, 1.82) is 0 Å². The molecule has 0 aliphatic carbocycles. The molecule has 0 unspecified atom stereocenters. The van der Waals surface area contributed by atoms with Crippen molar-refractivity contribution in [2.45, 2.75) is 39.0 Å². The summed E-state index contributed by atoms with van der Waals surface area (Å²) in [4.78, 5) is 0. The van der Waals surface area contributed by atoms with Crippen molar-refractivity contribution in [3.8, 4) is 5.75 Å². The number of hydrogen-bond donors (Lipinski definition) is 1. The largest absolute Gasteiger partial charge is 0.489 e. The molecule has 0 aliphatic rings. The predicted octanol–water partition coefficient (Wildman–Crippen LogP) is 6.17. The van der Waals surface area contributed by atoms with Crippen LogP contribution in [-0.4, -0.2) is 6.04 Å². The highest BCUT2D eigenvalue weighted by atomic mass is 35.5. The Morgan fingerprint density at radius 1 is 0.964 bits per heavy atom. The average molecular weight is 398 g/mol. The van der Waals surface area contributed by atoms with Crippen LogP contribution in [-0.2, 0) is 19.6 Å². The van der Waals surface area contributed by atoms with Crippen LogP contribution in [0.5, 0.6) is 5.75 Å². The highest BCUT2D eigenvalue weighted by Crippen LogP contribution is 2.22. The molecular formula is C24H25ClFNO. The Morgan fingerprint density at radius 3 is 2.50 bits per heavy atom. The summed E-state index contributed by atoms with van der Waals surface area (Å²) in [7, 11) is 0. The SMILES string of the molecule is C[C@@H](CCc1ccccc1)NCc1cccc(OCc2c(F)cccc2Cl)c1. The molecule has 0 saturated heterocycles. The van der Waals surface area contributed by atoms with Crippen molar-refractivity contribution in [3.05, 3.63) is 100 Å². The van der Waals surface area contributed by atoms with Gasteiger partial charge in [0.1, 0.15) is 18.2 Å². The van der Waals surface area contributed by atoms with Gasteiger partial charge in [0.15, 0.2) is 0 Å². The average Bonchev–Trinajstić information content (AvgIpc) is 2.71. The van der Waals surface area contributed by atoms with E-state index in [1.165, 1.54) is 11.6 Å². The van der Waals surface area contributed by atoms with E-state index in [0.717, 1.165) is 24.9 Å². The number of aryl methyl sites for hydroxylation is 1. The molecule has 0 heterocycles. The van der Waals surface area contributed by atoms with E-state index in [2.05, 4.69) is 42.6 Å². The van der Waals surface area contributed by atoms with Crippen LogP contribution in [0.25, 0.3) is 0 Å². The monoisotopic (exact) mass is 397 g/mol. The van der Waals surface area contributed by atoms with Crippen LogP contribution in [0.4, 0.5) is 4.39 Å². The van der Waals surface area contributed by atoms with Crippen LogP contribution in [0.2, 0.25) is 5.02 Å². The second-order valence-corrected chi connectivity index (χ2v) is 7.35. The molecule has 0 radical (unpaired) electrons. The zero-order valence-corrected chi connectivity index (χ0v) is 16.8. The number of benzene rings is 3. The third-order valence-corrected chi connectivity index (χ3v) is 5.06. The number of hydrogen-bond acceptors (Lipinski definition) is 2. The lowest BCUT2D eigenvalue weighted by atomic mass is 10.1. The van der Waals surface area contributed by atoms with Crippen molar-refractivity contribution in [3.63, 3.8) is 0 Å². The molecule has 0 bridgehead atoms. The summed E-state index contributed by atoms with van der Waals surface area (Å²) in [5, 5.41) is 3.93. The Bertz CT molecular complexity index is 865. The van der Waals surface area contributed by atoms with Gasteiger partial charge in [0.05, 0.1) is 5.02 Å². The van der Waals surface area contributed by atoms with Crippen molar-refractivity contribution < 1.29 is 9.13 Å². The Balaban J connectivity index is 1.49. The van der Waals surface area contributed by atoms with Gasteiger partial charge in [0.25, 0.3) is 0 Å². The van der Waals surface area contributed by atoms with E-state index >= 15 is 0 Å². The van der Waals surface area contributed by atoms with Crippen molar-refractivity contribution in [2.75, 3.05) is 0 Å². The van der Waals surface area contributed by atoms with E-state index in [4.69, 9.17) is 16.3 Å². The van der Waals surface area contributed by atoms with Crippen LogP contribution in [0.3, 0.4) is 0 Å². The van der Waals surface area contributed by atoms with Crippen LogP contribution < -0.4 is 10.1 Å². The van der Waals surface area contributed by atoms with E-state index in [1.807, 2.05) is 24.3 Å². The van der Waals surface area contributed by atoms with Gasteiger partial charge in [0.2, 0.25) is 0 Å². The molecule has 4 heteroatoms. The summed E-state index contributed by atoms with van der Waals surface area (Å²) in [6, 6.07) is 23.4. The Hall–Kier alpha value is -2.36. The topological polar surface area (TPSA) is 21.3 Å². The molecule has 3 rings (SSSR count). The molecule has 1 N–H and O–H groups in total. The quantitative estimate of drug-likeness (QED) is 0.466. The van der Waals surface area contributed by atoms with E-state index in [1.54, 1.807) is 12.1 Å². The fraction of sp³-hybridized carbons (Fsp3) is 0.250. The summed E-state index contributed by atoms with van der Waals surface area (Å²) >= 11 is 6.06. The van der Waals surface area contributed by atoms with E-state index < -0.39 is 0 Å². The first-order chi connectivity index (χ1) is 13.6. The third kappa shape index (κ3) is 6.08. The number of nitrogens with one attached hydrogen (secondary N) is 1. The lowest BCUT2D eigenvalue weighted by Crippen LogP contribution is -2.25. The van der Waals surface area contributed by atoms with E-state index in [0.29, 0.717) is 22.4 Å². The van der Waals surface area contributed by atoms with E-state index in [9.17, 15) is 4.39 Å². The van der Waals surface area contributed by atoms with Gasteiger partial charge >= 0.3 is 0 Å². The summed E-state index contributed by atoms with van der Waals surface area (Å²) in [6.45, 7) is 3.06. The van der Waals surface area contributed by atoms with Gasteiger partial charge in [0, 0.05) is 18.2 Å². The van der Waals surface area contributed by atoms with Crippen LogP contribution >= 0.6 is 11.6 Å². The molecule has 28 heavy (non-hydrogen) atoms. The van der Waals surface area contributed by atoms with Gasteiger partial charge in [-0.25, -0.2) is 4.39 Å². The fourth-order valence-electron chi connectivity index (χ4n) is 2.99. The predicted molar refractivity (Wildman–Crippen MR) is 113 cm³/mol. The maximum Gasteiger partial charge on any atom is 0.131 e. The number of ether oxygens (including phenoxy) is 1. The zero-order chi connectivity index (χ0) is 19.8. The molecule has 0 aliphatic heterocycles. The van der Waals surface area contributed by atoms with E-state index in [-0.39, 0.29) is 12.4 Å². The lowest BCUT2D eigenvalue weighted by molar-refractivity contribution is 0.299. The number of rotatable bonds is 9. The second-order valence-electron chi connectivity index (χ2n) is 6.94. The molecule has 146 valence electrons. The Morgan fingerprint density at radius 2 is 1.71 bits per heavy atom. The minimum atomic E-state index is -0.349. The number of halogens is 2.